The third kappa shape index (κ3) is 4.27. The van der Waals surface area contributed by atoms with Crippen molar-refractivity contribution in [2.45, 2.75) is 32.6 Å². The summed E-state index contributed by atoms with van der Waals surface area (Å²) in [5.74, 6) is 0.188. The smallest absolute Gasteiger partial charge is 0.416 e. The number of phenols is 2. The van der Waals surface area contributed by atoms with Crippen molar-refractivity contribution in [3.05, 3.63) is 74.7 Å². The molecule has 1 aromatic heterocycles. The molecule has 31 heavy (non-hydrogen) atoms. The van der Waals surface area contributed by atoms with Gasteiger partial charge in [0.05, 0.1) is 11.3 Å². The van der Waals surface area contributed by atoms with E-state index in [2.05, 4.69) is 9.97 Å². The predicted octanol–water partition coefficient (Wildman–Crippen LogP) is 3.73. The molecule has 0 saturated carbocycles. The Morgan fingerprint density at radius 3 is 2.52 bits per heavy atom. The van der Waals surface area contributed by atoms with Gasteiger partial charge in [0.2, 0.25) is 0 Å². The quantitative estimate of drug-likeness (QED) is 0.588. The lowest BCUT2D eigenvalue weighted by molar-refractivity contribution is -0.137. The molecule has 0 radical (unpaired) electrons. The van der Waals surface area contributed by atoms with Gasteiger partial charge in [-0.3, -0.25) is 9.69 Å². The fourth-order valence-electron chi connectivity index (χ4n) is 3.79. The van der Waals surface area contributed by atoms with Crippen LogP contribution in [0.2, 0.25) is 0 Å². The number of aromatic nitrogens is 2. The molecule has 1 aliphatic heterocycles. The molecule has 0 spiro atoms. The highest BCUT2D eigenvalue weighted by Gasteiger charge is 2.30. The van der Waals surface area contributed by atoms with E-state index in [9.17, 15) is 28.2 Å². The molecule has 0 atom stereocenters. The molecule has 0 unspecified atom stereocenters. The Balaban J connectivity index is 1.61. The van der Waals surface area contributed by atoms with Crippen LogP contribution in [0.15, 0.2) is 41.2 Å². The third-order valence-electron chi connectivity index (χ3n) is 5.45. The number of aromatic hydroxyl groups is 2. The van der Waals surface area contributed by atoms with E-state index in [0.717, 1.165) is 17.7 Å². The number of nitrogens with one attached hydrogen (secondary N) is 1. The van der Waals surface area contributed by atoms with E-state index in [4.69, 9.17) is 0 Å². The van der Waals surface area contributed by atoms with Gasteiger partial charge in [-0.25, -0.2) is 4.98 Å². The molecular weight excluding hydrogens is 411 g/mol. The summed E-state index contributed by atoms with van der Waals surface area (Å²) in [6, 6.07) is 7.33. The van der Waals surface area contributed by atoms with Crippen molar-refractivity contribution in [3.8, 4) is 22.9 Å². The highest BCUT2D eigenvalue weighted by molar-refractivity contribution is 5.56. The first kappa shape index (κ1) is 20.9. The van der Waals surface area contributed by atoms with Crippen LogP contribution in [-0.2, 0) is 25.7 Å². The molecule has 6 nitrogen and oxygen atoms in total. The summed E-state index contributed by atoms with van der Waals surface area (Å²) < 4.78 is 38.4. The Morgan fingerprint density at radius 1 is 1.16 bits per heavy atom. The maximum absolute atomic E-state index is 12.8. The number of fused-ring (bicyclic) bond motifs is 1. The molecule has 4 rings (SSSR count). The summed E-state index contributed by atoms with van der Waals surface area (Å²) in [4.78, 5) is 21.7. The molecule has 0 bridgehead atoms. The maximum atomic E-state index is 12.8. The van der Waals surface area contributed by atoms with Crippen LogP contribution in [0.1, 0.15) is 27.9 Å². The molecular formula is C22H20F3N3O3. The van der Waals surface area contributed by atoms with Crippen LogP contribution in [-0.4, -0.2) is 31.6 Å². The van der Waals surface area contributed by atoms with E-state index in [1.54, 1.807) is 13.0 Å². The molecule has 3 N–H and O–H groups in total. The minimum atomic E-state index is -4.44. The van der Waals surface area contributed by atoms with Crippen molar-refractivity contribution < 1.29 is 23.4 Å². The number of phenolic OH excluding ortho intramolecular Hbond substituents is 2. The zero-order valence-electron chi connectivity index (χ0n) is 16.6. The summed E-state index contributed by atoms with van der Waals surface area (Å²) in [6.45, 7) is 3.13. The molecule has 0 amide bonds. The summed E-state index contributed by atoms with van der Waals surface area (Å²) >= 11 is 0. The maximum Gasteiger partial charge on any atom is 0.416 e. The van der Waals surface area contributed by atoms with Crippen molar-refractivity contribution in [2.24, 2.45) is 0 Å². The van der Waals surface area contributed by atoms with E-state index in [1.165, 1.54) is 18.2 Å². The number of hydrogen-bond acceptors (Lipinski definition) is 5. The molecule has 0 fully saturated rings. The Morgan fingerprint density at radius 2 is 1.87 bits per heavy atom. The Kier molecular flexibility index (Phi) is 5.22. The second kappa shape index (κ2) is 7.73. The van der Waals surface area contributed by atoms with Gasteiger partial charge in [-0.05, 0) is 37.1 Å². The van der Waals surface area contributed by atoms with Gasteiger partial charge < -0.3 is 15.2 Å². The summed E-state index contributed by atoms with van der Waals surface area (Å²) in [7, 11) is 0. The number of aromatic amines is 1. The number of benzene rings is 2. The summed E-state index contributed by atoms with van der Waals surface area (Å²) in [5, 5.41) is 19.8. The lowest BCUT2D eigenvalue weighted by Crippen LogP contribution is -2.35. The predicted molar refractivity (Wildman–Crippen MR) is 108 cm³/mol. The monoisotopic (exact) mass is 431 g/mol. The van der Waals surface area contributed by atoms with Crippen LogP contribution in [0, 0.1) is 6.92 Å². The standard InChI is InChI=1S/C22H20F3N3O3/c1-12-8-15(29)9-19(30)17(12)10-28-7-6-16-18(11-28)26-20(27-21(16)31)13-2-4-14(5-3-13)22(23,24)25/h2-5,8-9,29-30H,6-7,10-11H2,1H3,(H,26,27,31). The van der Waals surface area contributed by atoms with Crippen molar-refractivity contribution >= 4 is 0 Å². The number of rotatable bonds is 3. The average Bonchev–Trinajstić information content (AvgIpc) is 2.70. The van der Waals surface area contributed by atoms with Gasteiger partial charge in [0.1, 0.15) is 17.3 Å². The lowest BCUT2D eigenvalue weighted by atomic mass is 10.0. The number of alkyl halides is 3. The van der Waals surface area contributed by atoms with E-state index >= 15 is 0 Å². The molecule has 9 heteroatoms. The fourth-order valence-corrected chi connectivity index (χ4v) is 3.79. The Bertz CT molecular complexity index is 1160. The van der Waals surface area contributed by atoms with Gasteiger partial charge in [0, 0.05) is 42.4 Å². The van der Waals surface area contributed by atoms with Crippen LogP contribution >= 0.6 is 0 Å². The number of nitrogens with zero attached hydrogens (tertiary/aromatic N) is 2. The van der Waals surface area contributed by atoms with Gasteiger partial charge in [-0.2, -0.15) is 13.2 Å². The van der Waals surface area contributed by atoms with Gasteiger partial charge in [-0.1, -0.05) is 12.1 Å². The second-order valence-corrected chi connectivity index (χ2v) is 7.64. The molecule has 0 aliphatic carbocycles. The first-order valence-electron chi connectivity index (χ1n) is 9.65. The SMILES string of the molecule is Cc1cc(O)cc(O)c1CN1CCc2c(nc(-c3ccc(C(F)(F)F)cc3)[nH]c2=O)C1. The highest BCUT2D eigenvalue weighted by atomic mass is 19.4. The Hall–Kier alpha value is -3.33. The first-order chi connectivity index (χ1) is 14.6. The van der Waals surface area contributed by atoms with Crippen LogP contribution in [0.5, 0.6) is 11.5 Å². The normalized spacial score (nSPS) is 14.5. The molecule has 162 valence electrons. The third-order valence-corrected chi connectivity index (χ3v) is 5.45. The zero-order chi connectivity index (χ0) is 22.3. The van der Waals surface area contributed by atoms with Gasteiger partial charge in [-0.15, -0.1) is 0 Å². The number of halogens is 3. The number of aryl methyl sites for hydroxylation is 1. The van der Waals surface area contributed by atoms with Crippen LogP contribution < -0.4 is 5.56 Å². The minimum Gasteiger partial charge on any atom is -0.508 e. The van der Waals surface area contributed by atoms with Crippen LogP contribution in [0.3, 0.4) is 0 Å². The van der Waals surface area contributed by atoms with E-state index in [-0.39, 0.29) is 22.9 Å². The topological polar surface area (TPSA) is 89.4 Å². The van der Waals surface area contributed by atoms with Crippen molar-refractivity contribution in [1.82, 2.24) is 14.9 Å². The van der Waals surface area contributed by atoms with Gasteiger partial charge in [0.25, 0.3) is 5.56 Å². The van der Waals surface area contributed by atoms with Crippen molar-refractivity contribution in [3.63, 3.8) is 0 Å². The number of H-pyrrole nitrogens is 1. The molecule has 0 saturated heterocycles. The average molecular weight is 431 g/mol. The zero-order valence-corrected chi connectivity index (χ0v) is 16.6. The minimum absolute atomic E-state index is 0.00684. The van der Waals surface area contributed by atoms with Crippen molar-refractivity contribution in [2.75, 3.05) is 6.54 Å². The molecule has 3 aromatic rings. The number of hydrogen-bond donors (Lipinski definition) is 3. The van der Waals surface area contributed by atoms with Gasteiger partial charge in [0.15, 0.2) is 0 Å². The van der Waals surface area contributed by atoms with E-state index < -0.39 is 11.7 Å². The highest BCUT2D eigenvalue weighted by Crippen LogP contribution is 2.31. The van der Waals surface area contributed by atoms with Gasteiger partial charge >= 0.3 is 6.18 Å². The van der Waals surface area contributed by atoms with Crippen LogP contribution in [0.4, 0.5) is 13.2 Å². The van der Waals surface area contributed by atoms with Crippen LogP contribution in [0.25, 0.3) is 11.4 Å². The fraction of sp³-hybridized carbons (Fsp3) is 0.273. The molecule has 2 aromatic carbocycles. The summed E-state index contributed by atoms with van der Waals surface area (Å²) in [6.07, 6.45) is -3.98. The lowest BCUT2D eigenvalue weighted by Gasteiger charge is -2.28. The Labute approximate surface area is 175 Å². The molecule has 2 heterocycles. The van der Waals surface area contributed by atoms with Crippen molar-refractivity contribution in [1.29, 1.82) is 0 Å². The van der Waals surface area contributed by atoms with E-state index in [0.29, 0.717) is 48.4 Å². The summed E-state index contributed by atoms with van der Waals surface area (Å²) in [5.41, 5.74) is 1.84. The first-order valence-corrected chi connectivity index (χ1v) is 9.65. The molecule has 1 aliphatic rings. The van der Waals surface area contributed by atoms with E-state index in [1.807, 2.05) is 4.90 Å². The second-order valence-electron chi connectivity index (χ2n) is 7.64. The largest absolute Gasteiger partial charge is 0.508 e.